The van der Waals surface area contributed by atoms with Gasteiger partial charge in [0.15, 0.2) is 0 Å². The Morgan fingerprint density at radius 2 is 1.62 bits per heavy atom. The molecule has 2 aromatic carbocycles. The summed E-state index contributed by atoms with van der Waals surface area (Å²) in [5.41, 5.74) is -0.791. The molecular weight excluding hydrogens is 542 g/mol. The van der Waals surface area contributed by atoms with E-state index in [1.54, 1.807) is 6.92 Å². The van der Waals surface area contributed by atoms with Crippen molar-refractivity contribution in [2.45, 2.75) is 32.0 Å². The van der Waals surface area contributed by atoms with Crippen molar-refractivity contribution < 1.29 is 27.2 Å². The van der Waals surface area contributed by atoms with E-state index in [0.29, 0.717) is 12.6 Å². The molecule has 0 aliphatic carbocycles. The van der Waals surface area contributed by atoms with Crippen LogP contribution in [0.15, 0.2) is 36.4 Å². The topological polar surface area (TPSA) is 58.2 Å². The predicted octanol–water partition coefficient (Wildman–Crippen LogP) is 7.21. The Bertz CT molecular complexity index is 1100. The summed E-state index contributed by atoms with van der Waals surface area (Å²) < 4.78 is 55.9. The van der Waals surface area contributed by atoms with E-state index in [2.05, 4.69) is 10.6 Å². The van der Waals surface area contributed by atoms with Gasteiger partial charge in [0.1, 0.15) is 17.8 Å². The zero-order chi connectivity index (χ0) is 25.8. The van der Waals surface area contributed by atoms with Crippen LogP contribution >= 0.6 is 46.4 Å². The highest BCUT2D eigenvalue weighted by Crippen LogP contribution is 2.42. The maximum Gasteiger partial charge on any atom is 0.399 e. The van der Waals surface area contributed by atoms with Crippen molar-refractivity contribution in [3.8, 4) is 0 Å². The lowest BCUT2D eigenvalue weighted by atomic mass is 9.96. The number of allylic oxidation sites excluding steroid dienone is 1. The first-order valence-corrected chi connectivity index (χ1v) is 11.2. The number of carbonyl (C=O) groups excluding carboxylic acids is 2. The average molecular weight is 560 g/mol. The lowest BCUT2D eigenvalue weighted by Gasteiger charge is -2.19. The second-order valence-corrected chi connectivity index (χ2v) is 8.72. The molecule has 2 amide bonds. The highest BCUT2D eigenvalue weighted by molar-refractivity contribution is 6.48. The molecule has 0 heterocycles. The summed E-state index contributed by atoms with van der Waals surface area (Å²) in [6, 6.07) is 4.28. The van der Waals surface area contributed by atoms with E-state index < -0.39 is 41.3 Å². The standard InChI is InChI=1S/C22H18Cl4F4N2O2/c1-3-31-20(33)10(2)32-21(34)13-5-4-11(6-15(13)23)18(27)9-14(22(28,29)30)12-7-16(24)19(26)17(25)8-12/h4-10,14H,3H2,1-2H3,(H,31,33)(H,32,34)/b18-9-/t10-,14?/m1/s1. The molecule has 1 unspecified atom stereocenters. The summed E-state index contributed by atoms with van der Waals surface area (Å²) in [4.78, 5) is 24.2. The maximum atomic E-state index is 14.9. The van der Waals surface area contributed by atoms with Crippen molar-refractivity contribution in [1.29, 1.82) is 0 Å². The van der Waals surface area contributed by atoms with Crippen LogP contribution in [0.25, 0.3) is 5.83 Å². The fraction of sp³-hybridized carbons (Fsp3) is 0.273. The predicted molar refractivity (Wildman–Crippen MR) is 126 cm³/mol. The lowest BCUT2D eigenvalue weighted by molar-refractivity contribution is -0.139. The van der Waals surface area contributed by atoms with Gasteiger partial charge in [-0.15, -0.1) is 0 Å². The van der Waals surface area contributed by atoms with Crippen LogP contribution in [0.2, 0.25) is 20.1 Å². The molecule has 4 nitrogen and oxygen atoms in total. The summed E-state index contributed by atoms with van der Waals surface area (Å²) in [5, 5.41) is 4.19. The molecule has 0 spiro atoms. The highest BCUT2D eigenvalue weighted by atomic mass is 35.5. The number of amides is 2. The number of alkyl halides is 3. The number of halogens is 8. The van der Waals surface area contributed by atoms with Crippen LogP contribution in [0.3, 0.4) is 0 Å². The van der Waals surface area contributed by atoms with Gasteiger partial charge in [0, 0.05) is 12.1 Å². The smallest absolute Gasteiger partial charge is 0.355 e. The second-order valence-electron chi connectivity index (χ2n) is 7.12. The Kier molecular flexibility index (Phi) is 9.65. The van der Waals surface area contributed by atoms with E-state index in [0.717, 1.165) is 30.3 Å². The third-order valence-corrected chi connectivity index (χ3v) is 6.12. The van der Waals surface area contributed by atoms with E-state index in [4.69, 9.17) is 46.4 Å². The van der Waals surface area contributed by atoms with Crippen molar-refractivity contribution in [3.63, 3.8) is 0 Å². The fourth-order valence-corrected chi connectivity index (χ4v) is 3.77. The van der Waals surface area contributed by atoms with Gasteiger partial charge in [-0.25, -0.2) is 4.39 Å². The number of nitrogens with one attached hydrogen (secondary N) is 2. The fourth-order valence-electron chi connectivity index (χ4n) is 2.89. The summed E-state index contributed by atoms with van der Waals surface area (Å²) >= 11 is 23.5. The van der Waals surface area contributed by atoms with Crippen LogP contribution < -0.4 is 10.6 Å². The summed E-state index contributed by atoms with van der Waals surface area (Å²) in [5.74, 6) is -4.76. The van der Waals surface area contributed by atoms with Gasteiger partial charge >= 0.3 is 6.18 Å². The quantitative estimate of drug-likeness (QED) is 0.278. The minimum absolute atomic E-state index is 0.0852. The normalized spacial score (nSPS) is 13.9. The Hall–Kier alpha value is -2.00. The molecule has 0 bridgehead atoms. The third kappa shape index (κ3) is 7.01. The van der Waals surface area contributed by atoms with E-state index in [1.165, 1.54) is 6.92 Å². The van der Waals surface area contributed by atoms with Gasteiger partial charge in [0.25, 0.3) is 5.91 Å². The molecule has 12 heteroatoms. The molecule has 2 N–H and O–H groups in total. The molecule has 0 aromatic heterocycles. The Morgan fingerprint density at radius 1 is 1.03 bits per heavy atom. The molecule has 2 rings (SSSR count). The van der Waals surface area contributed by atoms with Crippen LogP contribution in [0, 0.1) is 0 Å². The molecule has 0 aliphatic heterocycles. The summed E-state index contributed by atoms with van der Waals surface area (Å²) in [6.45, 7) is 3.54. The van der Waals surface area contributed by atoms with Gasteiger partial charge in [0.2, 0.25) is 5.91 Å². The first-order valence-electron chi connectivity index (χ1n) is 9.73. The van der Waals surface area contributed by atoms with Crippen LogP contribution in [-0.2, 0) is 4.79 Å². The number of benzene rings is 2. The molecule has 2 atom stereocenters. The first kappa shape index (κ1) is 28.2. The summed E-state index contributed by atoms with van der Waals surface area (Å²) in [6.07, 6.45) is -4.53. The molecule has 34 heavy (non-hydrogen) atoms. The number of hydrogen-bond donors (Lipinski definition) is 2. The number of carbonyl (C=O) groups is 2. The molecule has 0 radical (unpaired) electrons. The van der Waals surface area contributed by atoms with Crippen molar-refractivity contribution in [2.75, 3.05) is 6.54 Å². The monoisotopic (exact) mass is 558 g/mol. The van der Waals surface area contributed by atoms with Crippen molar-refractivity contribution >= 4 is 64.0 Å². The average Bonchev–Trinajstić information content (AvgIpc) is 2.74. The third-order valence-electron chi connectivity index (χ3n) is 4.61. The summed E-state index contributed by atoms with van der Waals surface area (Å²) in [7, 11) is 0. The molecule has 0 saturated heterocycles. The van der Waals surface area contributed by atoms with Crippen LogP contribution in [0.4, 0.5) is 17.6 Å². The zero-order valence-corrected chi connectivity index (χ0v) is 20.7. The molecule has 2 aromatic rings. The minimum Gasteiger partial charge on any atom is -0.355 e. The molecule has 0 aliphatic rings. The number of hydrogen-bond acceptors (Lipinski definition) is 2. The molecular formula is C22H18Cl4F4N2O2. The maximum absolute atomic E-state index is 14.9. The van der Waals surface area contributed by atoms with E-state index in [9.17, 15) is 27.2 Å². The van der Waals surface area contributed by atoms with Gasteiger partial charge in [-0.2, -0.15) is 13.2 Å². The molecule has 0 fully saturated rings. The van der Waals surface area contributed by atoms with E-state index >= 15 is 0 Å². The van der Waals surface area contributed by atoms with E-state index in [1.807, 2.05) is 0 Å². The van der Waals surface area contributed by atoms with Gasteiger partial charge < -0.3 is 10.6 Å². The van der Waals surface area contributed by atoms with Gasteiger partial charge in [-0.3, -0.25) is 9.59 Å². The van der Waals surface area contributed by atoms with Gasteiger partial charge in [-0.05, 0) is 49.8 Å². The van der Waals surface area contributed by atoms with Gasteiger partial charge in [-0.1, -0.05) is 52.5 Å². The molecule has 0 saturated carbocycles. The van der Waals surface area contributed by atoms with Crippen molar-refractivity contribution in [3.05, 3.63) is 73.2 Å². The molecule has 184 valence electrons. The minimum atomic E-state index is -4.88. The van der Waals surface area contributed by atoms with Crippen LogP contribution in [0.1, 0.15) is 41.3 Å². The van der Waals surface area contributed by atoms with Crippen LogP contribution in [0.5, 0.6) is 0 Å². The number of likely N-dealkylation sites (N-methyl/N-ethyl adjacent to an activating group) is 1. The SMILES string of the molecule is CCNC(=O)[C@@H](C)NC(=O)c1ccc(/C(F)=C/C(c2cc(Cl)c(Cl)c(Cl)c2)C(F)(F)F)cc1Cl. The Labute approximate surface area is 213 Å². The highest BCUT2D eigenvalue weighted by Gasteiger charge is 2.40. The Balaban J connectivity index is 2.35. The van der Waals surface area contributed by atoms with Crippen LogP contribution in [-0.4, -0.2) is 30.6 Å². The Morgan fingerprint density at radius 3 is 2.12 bits per heavy atom. The van der Waals surface area contributed by atoms with Crippen molar-refractivity contribution in [2.24, 2.45) is 0 Å². The van der Waals surface area contributed by atoms with Gasteiger partial charge in [0.05, 0.1) is 25.7 Å². The largest absolute Gasteiger partial charge is 0.399 e. The second kappa shape index (κ2) is 11.6. The number of rotatable bonds is 7. The first-order chi connectivity index (χ1) is 15.8. The van der Waals surface area contributed by atoms with E-state index in [-0.39, 0.29) is 31.2 Å². The van der Waals surface area contributed by atoms with Crippen molar-refractivity contribution in [1.82, 2.24) is 10.6 Å². The zero-order valence-electron chi connectivity index (χ0n) is 17.7. The lowest BCUT2D eigenvalue weighted by Crippen LogP contribution is -2.44.